The molecule has 1 N–H and O–H groups in total. The molecule has 0 fully saturated rings. The first kappa shape index (κ1) is 16.8. The van der Waals surface area contributed by atoms with Crippen molar-refractivity contribution in [2.24, 2.45) is 0 Å². The molecule has 0 spiro atoms. The zero-order chi connectivity index (χ0) is 16.9. The van der Waals surface area contributed by atoms with Gasteiger partial charge in [-0.05, 0) is 49.1 Å². The topological polar surface area (TPSA) is 51.2 Å². The second kappa shape index (κ2) is 7.68. The molecule has 0 saturated carbocycles. The van der Waals surface area contributed by atoms with Crippen molar-refractivity contribution in [3.8, 4) is 5.75 Å². The Morgan fingerprint density at radius 3 is 2.71 bits per heavy atom. The zero-order valence-corrected chi connectivity index (χ0v) is 15.2. The molecule has 1 heterocycles. The number of hydrogen-bond acceptors (Lipinski definition) is 5. The van der Waals surface area contributed by atoms with Crippen molar-refractivity contribution in [1.82, 2.24) is 4.98 Å². The molecule has 3 rings (SSSR count). The van der Waals surface area contributed by atoms with E-state index in [0.29, 0.717) is 17.3 Å². The Labute approximate surface area is 149 Å². The molecule has 0 unspecified atom stereocenters. The van der Waals surface area contributed by atoms with Gasteiger partial charge in [0, 0.05) is 10.5 Å². The molecule has 0 bridgehead atoms. The van der Waals surface area contributed by atoms with Gasteiger partial charge in [-0.2, -0.15) is 0 Å². The third kappa shape index (κ3) is 3.71. The fourth-order valence-electron chi connectivity index (χ4n) is 2.29. The predicted molar refractivity (Wildman–Crippen MR) is 102 cm³/mol. The predicted octanol–water partition coefficient (Wildman–Crippen LogP) is 5.06. The third-order valence-corrected chi connectivity index (χ3v) is 5.16. The molecule has 0 aliphatic rings. The van der Waals surface area contributed by atoms with Gasteiger partial charge < -0.3 is 4.74 Å². The first-order valence-corrected chi connectivity index (χ1v) is 9.58. The summed E-state index contributed by atoms with van der Waals surface area (Å²) < 4.78 is 6.58. The Morgan fingerprint density at radius 2 is 2.00 bits per heavy atom. The first-order chi connectivity index (χ1) is 11.7. The maximum Gasteiger partial charge on any atom is 0.257 e. The second-order valence-electron chi connectivity index (χ2n) is 4.97. The second-order valence-corrected chi connectivity index (χ2v) is 7.33. The lowest BCUT2D eigenvalue weighted by atomic mass is 10.2. The Balaban J connectivity index is 1.78. The third-order valence-electron chi connectivity index (χ3n) is 3.33. The molecular weight excluding hydrogens is 340 g/mol. The van der Waals surface area contributed by atoms with E-state index in [9.17, 15) is 4.79 Å². The van der Waals surface area contributed by atoms with E-state index in [1.807, 2.05) is 49.4 Å². The molecule has 6 heteroatoms. The highest BCUT2D eigenvalue weighted by atomic mass is 32.2. The van der Waals surface area contributed by atoms with Crippen LogP contribution in [0, 0.1) is 0 Å². The molecular formula is C18H18N2O2S2. The van der Waals surface area contributed by atoms with Crippen LogP contribution in [0.2, 0.25) is 0 Å². The summed E-state index contributed by atoms with van der Waals surface area (Å²) in [5.41, 5.74) is 1.41. The SMILES string of the molecule is CCOc1cccc2sc(NC(=O)c3ccc(SCC)cc3)nc12. The van der Waals surface area contributed by atoms with Crippen molar-refractivity contribution in [3.63, 3.8) is 0 Å². The molecule has 3 aromatic rings. The number of anilines is 1. The van der Waals surface area contributed by atoms with Crippen LogP contribution in [0.3, 0.4) is 0 Å². The van der Waals surface area contributed by atoms with Gasteiger partial charge in [-0.3, -0.25) is 10.1 Å². The lowest BCUT2D eigenvalue weighted by Crippen LogP contribution is -2.11. The number of rotatable bonds is 6. The quantitative estimate of drug-likeness (QED) is 0.626. The number of hydrogen-bond donors (Lipinski definition) is 1. The molecule has 2 aromatic carbocycles. The van der Waals surface area contributed by atoms with Gasteiger partial charge in [0.15, 0.2) is 5.13 Å². The van der Waals surface area contributed by atoms with Gasteiger partial charge in [0.05, 0.1) is 11.3 Å². The van der Waals surface area contributed by atoms with Gasteiger partial charge in [0.1, 0.15) is 11.3 Å². The number of amides is 1. The fourth-order valence-corrected chi connectivity index (χ4v) is 3.83. The van der Waals surface area contributed by atoms with Gasteiger partial charge in [-0.25, -0.2) is 4.98 Å². The average Bonchev–Trinajstić information content (AvgIpc) is 2.99. The van der Waals surface area contributed by atoms with E-state index < -0.39 is 0 Å². The van der Waals surface area contributed by atoms with Gasteiger partial charge in [0.2, 0.25) is 0 Å². The lowest BCUT2D eigenvalue weighted by Gasteiger charge is -2.03. The van der Waals surface area contributed by atoms with Crippen LogP contribution in [0.25, 0.3) is 10.2 Å². The number of carbonyl (C=O) groups is 1. The summed E-state index contributed by atoms with van der Waals surface area (Å²) in [6.45, 7) is 4.63. The van der Waals surface area contributed by atoms with Crippen LogP contribution >= 0.6 is 23.1 Å². The van der Waals surface area contributed by atoms with Crippen LogP contribution in [-0.4, -0.2) is 23.3 Å². The Kier molecular flexibility index (Phi) is 5.37. The largest absolute Gasteiger partial charge is 0.492 e. The number of para-hydroxylation sites is 1. The van der Waals surface area contributed by atoms with Crippen LogP contribution in [0.4, 0.5) is 5.13 Å². The Hall–Kier alpha value is -2.05. The number of fused-ring (bicyclic) bond motifs is 1. The van der Waals surface area contributed by atoms with Crippen molar-refractivity contribution >= 4 is 44.4 Å². The summed E-state index contributed by atoms with van der Waals surface area (Å²) in [6, 6.07) is 13.4. The van der Waals surface area contributed by atoms with Crippen LogP contribution in [-0.2, 0) is 0 Å². The molecule has 0 saturated heterocycles. The Bertz CT molecular complexity index is 844. The van der Waals surface area contributed by atoms with E-state index in [2.05, 4.69) is 17.2 Å². The van der Waals surface area contributed by atoms with Crippen LogP contribution < -0.4 is 10.1 Å². The first-order valence-electron chi connectivity index (χ1n) is 7.77. The molecule has 24 heavy (non-hydrogen) atoms. The van der Waals surface area contributed by atoms with E-state index in [1.54, 1.807) is 11.8 Å². The number of thioether (sulfide) groups is 1. The molecule has 0 aliphatic heterocycles. The summed E-state index contributed by atoms with van der Waals surface area (Å²) in [4.78, 5) is 18.1. The standard InChI is InChI=1S/C18H18N2O2S2/c1-3-22-14-6-5-7-15-16(14)19-18(24-15)20-17(21)12-8-10-13(11-9-12)23-4-2/h5-11H,3-4H2,1-2H3,(H,19,20,21). The van der Waals surface area contributed by atoms with Crippen LogP contribution in [0.5, 0.6) is 5.75 Å². The fraction of sp³-hybridized carbons (Fsp3) is 0.222. The molecule has 0 aliphatic carbocycles. The molecule has 1 aromatic heterocycles. The highest BCUT2D eigenvalue weighted by molar-refractivity contribution is 7.99. The minimum atomic E-state index is -0.153. The van der Waals surface area contributed by atoms with E-state index in [-0.39, 0.29) is 5.91 Å². The van der Waals surface area contributed by atoms with Crippen LogP contribution in [0.1, 0.15) is 24.2 Å². The number of nitrogens with one attached hydrogen (secondary N) is 1. The van der Waals surface area contributed by atoms with Crippen molar-refractivity contribution < 1.29 is 9.53 Å². The molecule has 124 valence electrons. The van der Waals surface area contributed by atoms with Gasteiger partial charge in [-0.1, -0.05) is 24.3 Å². The highest BCUT2D eigenvalue weighted by Gasteiger charge is 2.12. The normalized spacial score (nSPS) is 10.8. The molecule has 1 amide bonds. The summed E-state index contributed by atoms with van der Waals surface area (Å²) in [7, 11) is 0. The smallest absolute Gasteiger partial charge is 0.257 e. The number of benzene rings is 2. The van der Waals surface area contributed by atoms with E-state index in [0.717, 1.165) is 26.6 Å². The van der Waals surface area contributed by atoms with Gasteiger partial charge >= 0.3 is 0 Å². The summed E-state index contributed by atoms with van der Waals surface area (Å²) in [5.74, 6) is 1.60. The maximum absolute atomic E-state index is 12.4. The monoisotopic (exact) mass is 358 g/mol. The summed E-state index contributed by atoms with van der Waals surface area (Å²) in [5, 5.41) is 3.45. The number of nitrogens with zero attached hydrogens (tertiary/aromatic N) is 1. The zero-order valence-electron chi connectivity index (χ0n) is 13.5. The van der Waals surface area contributed by atoms with Crippen molar-refractivity contribution in [1.29, 1.82) is 0 Å². The van der Waals surface area contributed by atoms with E-state index >= 15 is 0 Å². The Morgan fingerprint density at radius 1 is 1.21 bits per heavy atom. The van der Waals surface area contributed by atoms with Gasteiger partial charge in [-0.15, -0.1) is 11.8 Å². The minimum absolute atomic E-state index is 0.153. The van der Waals surface area contributed by atoms with Gasteiger partial charge in [0.25, 0.3) is 5.91 Å². The van der Waals surface area contributed by atoms with Crippen molar-refractivity contribution in [2.45, 2.75) is 18.7 Å². The molecule has 4 nitrogen and oxygen atoms in total. The maximum atomic E-state index is 12.4. The number of ether oxygens (including phenoxy) is 1. The highest BCUT2D eigenvalue weighted by Crippen LogP contribution is 2.32. The van der Waals surface area contributed by atoms with Crippen molar-refractivity contribution in [2.75, 3.05) is 17.7 Å². The summed E-state index contributed by atoms with van der Waals surface area (Å²) >= 11 is 3.20. The number of aromatic nitrogens is 1. The summed E-state index contributed by atoms with van der Waals surface area (Å²) in [6.07, 6.45) is 0. The molecule has 0 radical (unpaired) electrons. The number of carbonyl (C=O) groups excluding carboxylic acids is 1. The lowest BCUT2D eigenvalue weighted by molar-refractivity contribution is 0.102. The van der Waals surface area contributed by atoms with Crippen molar-refractivity contribution in [3.05, 3.63) is 48.0 Å². The number of thiazole rings is 1. The average molecular weight is 358 g/mol. The van der Waals surface area contributed by atoms with Crippen LogP contribution in [0.15, 0.2) is 47.4 Å². The molecule has 0 atom stereocenters. The van der Waals surface area contributed by atoms with E-state index in [1.165, 1.54) is 11.3 Å². The van der Waals surface area contributed by atoms with E-state index in [4.69, 9.17) is 4.74 Å². The minimum Gasteiger partial charge on any atom is -0.492 e.